The monoisotopic (exact) mass is 364 g/mol. The third-order valence-corrected chi connectivity index (χ3v) is 5.74. The van der Waals surface area contributed by atoms with Crippen LogP contribution in [0.15, 0.2) is 60.8 Å². The van der Waals surface area contributed by atoms with Crippen LogP contribution in [0.1, 0.15) is 30.4 Å². The molecule has 27 heavy (non-hydrogen) atoms. The molecule has 0 bridgehead atoms. The Morgan fingerprint density at radius 3 is 2.56 bits per heavy atom. The molecule has 0 unspecified atom stereocenters. The van der Waals surface area contributed by atoms with E-state index in [0.717, 1.165) is 32.6 Å². The smallest absolute Gasteiger partial charge is 0.0890 e. The molecule has 3 aromatic rings. The summed E-state index contributed by atoms with van der Waals surface area (Å²) in [7, 11) is 0. The summed E-state index contributed by atoms with van der Waals surface area (Å²) < 4.78 is 2.31. The van der Waals surface area contributed by atoms with Gasteiger partial charge >= 0.3 is 0 Å². The second-order valence-corrected chi connectivity index (χ2v) is 7.83. The topological polar surface area (TPSA) is 48.6 Å². The molecule has 142 valence electrons. The molecule has 1 fully saturated rings. The molecule has 4 heteroatoms. The standard InChI is InChI=1S/C23H28N2O2/c26-18-23(27)10-4-12-24(14-11-23)16-20-7-8-21-9-13-25(22(21)15-20)17-19-5-2-1-3-6-19/h1-3,5-9,13,15,26-27H,4,10-12,14,16-18H2/t23-/m0/s1. The average molecular weight is 364 g/mol. The lowest BCUT2D eigenvalue weighted by molar-refractivity contribution is -0.0255. The molecule has 1 aliphatic heterocycles. The van der Waals surface area contributed by atoms with E-state index in [0.29, 0.717) is 12.8 Å². The fraction of sp³-hybridized carbons (Fsp3) is 0.391. The summed E-state index contributed by atoms with van der Waals surface area (Å²) in [4.78, 5) is 2.39. The third kappa shape index (κ3) is 4.24. The van der Waals surface area contributed by atoms with Crippen LogP contribution >= 0.6 is 0 Å². The van der Waals surface area contributed by atoms with Gasteiger partial charge in [-0.1, -0.05) is 42.5 Å². The predicted octanol–water partition coefficient (Wildman–Crippen LogP) is 3.40. The van der Waals surface area contributed by atoms with Crippen LogP contribution in [-0.4, -0.2) is 45.0 Å². The number of benzene rings is 2. The number of aromatic nitrogens is 1. The lowest BCUT2D eigenvalue weighted by atomic mass is 9.96. The lowest BCUT2D eigenvalue weighted by Gasteiger charge is -2.24. The summed E-state index contributed by atoms with van der Waals surface area (Å²) in [6, 6.07) is 19.4. The van der Waals surface area contributed by atoms with E-state index in [1.807, 2.05) is 0 Å². The van der Waals surface area contributed by atoms with Crippen LogP contribution in [-0.2, 0) is 13.1 Å². The number of aliphatic hydroxyl groups is 2. The van der Waals surface area contributed by atoms with Crippen LogP contribution in [0.5, 0.6) is 0 Å². The minimum Gasteiger partial charge on any atom is -0.393 e. The molecule has 2 aromatic carbocycles. The highest BCUT2D eigenvalue weighted by atomic mass is 16.3. The first-order valence-electron chi connectivity index (χ1n) is 9.83. The maximum absolute atomic E-state index is 10.4. The molecule has 1 aliphatic rings. The minimum absolute atomic E-state index is 0.139. The van der Waals surface area contributed by atoms with Gasteiger partial charge in [0.25, 0.3) is 0 Å². The molecular formula is C23H28N2O2. The van der Waals surface area contributed by atoms with E-state index in [9.17, 15) is 10.2 Å². The minimum atomic E-state index is -0.900. The van der Waals surface area contributed by atoms with Gasteiger partial charge < -0.3 is 14.8 Å². The first kappa shape index (κ1) is 18.2. The van der Waals surface area contributed by atoms with Gasteiger partial charge in [-0.2, -0.15) is 0 Å². The zero-order valence-electron chi connectivity index (χ0n) is 15.7. The SMILES string of the molecule is OC[C@]1(O)CCCN(Cc2ccc3ccn(Cc4ccccc4)c3c2)CC1. The van der Waals surface area contributed by atoms with Crippen molar-refractivity contribution in [1.82, 2.24) is 9.47 Å². The van der Waals surface area contributed by atoms with Crippen LogP contribution in [0.4, 0.5) is 0 Å². The number of hydrogen-bond acceptors (Lipinski definition) is 3. The summed E-state index contributed by atoms with van der Waals surface area (Å²) in [6.45, 7) is 3.40. The summed E-state index contributed by atoms with van der Waals surface area (Å²) in [5.41, 5.74) is 2.96. The molecule has 0 saturated carbocycles. The van der Waals surface area contributed by atoms with E-state index in [1.165, 1.54) is 22.0 Å². The van der Waals surface area contributed by atoms with E-state index < -0.39 is 5.60 Å². The third-order valence-electron chi connectivity index (χ3n) is 5.74. The van der Waals surface area contributed by atoms with Crippen molar-refractivity contribution in [2.45, 2.75) is 38.0 Å². The van der Waals surface area contributed by atoms with Crippen molar-refractivity contribution in [2.24, 2.45) is 0 Å². The Morgan fingerprint density at radius 2 is 1.74 bits per heavy atom. The van der Waals surface area contributed by atoms with E-state index >= 15 is 0 Å². The van der Waals surface area contributed by atoms with Crippen molar-refractivity contribution < 1.29 is 10.2 Å². The van der Waals surface area contributed by atoms with Crippen molar-refractivity contribution in [2.75, 3.05) is 19.7 Å². The van der Waals surface area contributed by atoms with Crippen molar-refractivity contribution in [3.05, 3.63) is 71.9 Å². The number of hydrogen-bond donors (Lipinski definition) is 2. The van der Waals surface area contributed by atoms with Crippen molar-refractivity contribution in [3.8, 4) is 0 Å². The Labute approximate surface area is 160 Å². The molecule has 4 rings (SSSR count). The molecular weight excluding hydrogens is 336 g/mol. The highest BCUT2D eigenvalue weighted by Gasteiger charge is 2.29. The highest BCUT2D eigenvalue weighted by molar-refractivity contribution is 5.81. The molecule has 1 aromatic heterocycles. The van der Waals surface area contributed by atoms with E-state index in [4.69, 9.17) is 0 Å². The molecule has 0 spiro atoms. The second kappa shape index (κ2) is 7.85. The summed E-state index contributed by atoms with van der Waals surface area (Å²) in [5, 5.41) is 21.0. The van der Waals surface area contributed by atoms with Crippen LogP contribution < -0.4 is 0 Å². The Hall–Kier alpha value is -2.14. The molecule has 1 saturated heterocycles. The van der Waals surface area contributed by atoms with Gasteiger partial charge in [0, 0.05) is 31.3 Å². The first-order chi connectivity index (χ1) is 13.1. The molecule has 0 radical (unpaired) electrons. The number of likely N-dealkylation sites (tertiary alicyclic amines) is 1. The average Bonchev–Trinajstić information content (AvgIpc) is 2.98. The number of aliphatic hydroxyl groups excluding tert-OH is 1. The van der Waals surface area contributed by atoms with Gasteiger partial charge in [0.2, 0.25) is 0 Å². The van der Waals surface area contributed by atoms with Gasteiger partial charge in [0.05, 0.1) is 12.2 Å². The van der Waals surface area contributed by atoms with Gasteiger partial charge in [-0.25, -0.2) is 0 Å². The lowest BCUT2D eigenvalue weighted by Crippen LogP contribution is -2.34. The van der Waals surface area contributed by atoms with Crippen LogP contribution in [0.2, 0.25) is 0 Å². The fourth-order valence-electron chi connectivity index (χ4n) is 4.06. The molecule has 4 nitrogen and oxygen atoms in total. The predicted molar refractivity (Wildman–Crippen MR) is 109 cm³/mol. The molecule has 0 aliphatic carbocycles. The van der Waals surface area contributed by atoms with Gasteiger partial charge in [-0.05, 0) is 54.5 Å². The normalized spacial score (nSPS) is 21.4. The summed E-state index contributed by atoms with van der Waals surface area (Å²) in [5.74, 6) is 0. The highest BCUT2D eigenvalue weighted by Crippen LogP contribution is 2.24. The van der Waals surface area contributed by atoms with Crippen LogP contribution in [0.25, 0.3) is 10.9 Å². The fourth-order valence-corrected chi connectivity index (χ4v) is 4.06. The van der Waals surface area contributed by atoms with Gasteiger partial charge in [-0.15, -0.1) is 0 Å². The molecule has 2 N–H and O–H groups in total. The van der Waals surface area contributed by atoms with E-state index in [-0.39, 0.29) is 6.61 Å². The quantitative estimate of drug-likeness (QED) is 0.729. The van der Waals surface area contributed by atoms with Crippen LogP contribution in [0, 0.1) is 0 Å². The van der Waals surface area contributed by atoms with E-state index in [1.54, 1.807) is 0 Å². The Balaban J connectivity index is 1.50. The number of rotatable bonds is 5. The van der Waals surface area contributed by atoms with Crippen molar-refractivity contribution in [3.63, 3.8) is 0 Å². The second-order valence-electron chi connectivity index (χ2n) is 7.83. The summed E-state index contributed by atoms with van der Waals surface area (Å²) >= 11 is 0. The molecule has 0 amide bonds. The Morgan fingerprint density at radius 1 is 0.889 bits per heavy atom. The van der Waals surface area contributed by atoms with Gasteiger partial charge in [-0.3, -0.25) is 4.90 Å². The number of fused-ring (bicyclic) bond motifs is 1. The Kier molecular flexibility index (Phi) is 5.30. The zero-order valence-corrected chi connectivity index (χ0v) is 15.7. The largest absolute Gasteiger partial charge is 0.393 e. The van der Waals surface area contributed by atoms with Gasteiger partial charge in [0.15, 0.2) is 0 Å². The van der Waals surface area contributed by atoms with Crippen molar-refractivity contribution >= 4 is 10.9 Å². The first-order valence-corrected chi connectivity index (χ1v) is 9.83. The maximum atomic E-state index is 10.4. The maximum Gasteiger partial charge on any atom is 0.0890 e. The van der Waals surface area contributed by atoms with Gasteiger partial charge in [0.1, 0.15) is 0 Å². The molecule has 1 atom stereocenters. The number of nitrogens with zero attached hydrogens (tertiary/aromatic N) is 2. The zero-order chi connectivity index (χ0) is 18.7. The molecule has 2 heterocycles. The Bertz CT molecular complexity index is 890. The van der Waals surface area contributed by atoms with E-state index in [2.05, 4.69) is 70.3 Å². The van der Waals surface area contributed by atoms with Crippen molar-refractivity contribution in [1.29, 1.82) is 0 Å². The summed E-state index contributed by atoms with van der Waals surface area (Å²) in [6.07, 6.45) is 4.40. The van der Waals surface area contributed by atoms with Crippen LogP contribution in [0.3, 0.4) is 0 Å².